The van der Waals surface area contributed by atoms with Gasteiger partial charge in [0.1, 0.15) is 5.65 Å². The van der Waals surface area contributed by atoms with Crippen LogP contribution in [0.3, 0.4) is 0 Å². The van der Waals surface area contributed by atoms with Crippen LogP contribution in [0.25, 0.3) is 33.4 Å². The van der Waals surface area contributed by atoms with Crippen LogP contribution in [0.5, 0.6) is 0 Å². The summed E-state index contributed by atoms with van der Waals surface area (Å²) >= 11 is 0. The first-order chi connectivity index (χ1) is 14.3. The Morgan fingerprint density at radius 2 is 1.69 bits per heavy atom. The van der Waals surface area contributed by atoms with Crippen LogP contribution in [0.15, 0.2) is 85.3 Å². The van der Waals surface area contributed by atoms with Crippen molar-refractivity contribution >= 4 is 11.0 Å². The molecule has 0 radical (unpaired) electrons. The van der Waals surface area contributed by atoms with Gasteiger partial charge in [0.25, 0.3) is 0 Å². The van der Waals surface area contributed by atoms with E-state index in [1.807, 2.05) is 49.8 Å². The predicted octanol–water partition coefficient (Wildman–Crippen LogP) is 5.59. The normalized spacial score (nSPS) is 11.1. The Balaban J connectivity index is 1.46. The lowest BCUT2D eigenvalue weighted by Crippen LogP contribution is -1.97. The maximum atomic E-state index is 4.67. The molecule has 4 heteroatoms. The van der Waals surface area contributed by atoms with Crippen LogP contribution in [0, 0.1) is 6.92 Å². The highest BCUT2D eigenvalue weighted by atomic mass is 14.8. The van der Waals surface area contributed by atoms with Gasteiger partial charge in [-0.05, 0) is 60.0 Å². The maximum absolute atomic E-state index is 4.67. The minimum Gasteiger partial charge on any atom is -0.346 e. The summed E-state index contributed by atoms with van der Waals surface area (Å²) in [5.41, 5.74) is 8.61. The van der Waals surface area contributed by atoms with E-state index in [4.69, 9.17) is 0 Å². The Hall–Kier alpha value is -3.79. The average Bonchev–Trinajstić information content (AvgIpc) is 3.24. The fraction of sp³-hybridized carbons (Fsp3) is 0.0800. The summed E-state index contributed by atoms with van der Waals surface area (Å²) in [7, 11) is 0. The van der Waals surface area contributed by atoms with Crippen molar-refractivity contribution in [3.8, 4) is 22.4 Å². The predicted molar refractivity (Wildman–Crippen MR) is 117 cm³/mol. The number of hydrogen-bond acceptors (Lipinski definition) is 3. The second-order valence-corrected chi connectivity index (χ2v) is 7.13. The first kappa shape index (κ1) is 17.3. The SMILES string of the molecule is Cc1cccc(-c2cccnc2Cc2ccc(-c3ccnc4[nH]ccc34)cc2)n1. The lowest BCUT2D eigenvalue weighted by molar-refractivity contribution is 1.07. The number of hydrogen-bond donors (Lipinski definition) is 1. The third-order valence-corrected chi connectivity index (χ3v) is 5.15. The molecule has 4 nitrogen and oxygen atoms in total. The van der Waals surface area contributed by atoms with Crippen molar-refractivity contribution in [1.82, 2.24) is 19.9 Å². The molecule has 0 spiro atoms. The van der Waals surface area contributed by atoms with Crippen LogP contribution in [-0.2, 0) is 6.42 Å². The molecule has 0 aliphatic heterocycles. The van der Waals surface area contributed by atoms with E-state index in [1.54, 1.807) is 0 Å². The largest absolute Gasteiger partial charge is 0.346 e. The van der Waals surface area contributed by atoms with E-state index >= 15 is 0 Å². The average molecular weight is 376 g/mol. The molecule has 0 bridgehead atoms. The van der Waals surface area contributed by atoms with Crippen LogP contribution in [-0.4, -0.2) is 19.9 Å². The number of aromatic nitrogens is 4. The molecule has 0 amide bonds. The van der Waals surface area contributed by atoms with Gasteiger partial charge in [0, 0.05) is 41.7 Å². The van der Waals surface area contributed by atoms with Crippen LogP contribution in [0.4, 0.5) is 0 Å². The molecule has 5 rings (SSSR count). The molecular formula is C25H20N4. The topological polar surface area (TPSA) is 54.5 Å². The molecule has 0 fully saturated rings. The van der Waals surface area contributed by atoms with Gasteiger partial charge in [-0.15, -0.1) is 0 Å². The zero-order valence-corrected chi connectivity index (χ0v) is 16.1. The first-order valence-corrected chi connectivity index (χ1v) is 9.67. The molecule has 0 saturated carbocycles. The summed E-state index contributed by atoms with van der Waals surface area (Å²) in [6.07, 6.45) is 6.39. The van der Waals surface area contributed by atoms with Gasteiger partial charge in [0.05, 0.1) is 11.4 Å². The number of benzene rings is 1. The van der Waals surface area contributed by atoms with E-state index < -0.39 is 0 Å². The fourth-order valence-electron chi connectivity index (χ4n) is 3.71. The molecule has 0 saturated heterocycles. The fourth-order valence-corrected chi connectivity index (χ4v) is 3.71. The first-order valence-electron chi connectivity index (χ1n) is 9.67. The molecule has 140 valence electrons. The Kier molecular flexibility index (Phi) is 4.37. The number of fused-ring (bicyclic) bond motifs is 1. The molecule has 1 aromatic carbocycles. The van der Waals surface area contributed by atoms with Gasteiger partial charge < -0.3 is 4.98 Å². The molecule has 0 atom stereocenters. The van der Waals surface area contributed by atoms with Gasteiger partial charge >= 0.3 is 0 Å². The minimum absolute atomic E-state index is 0.766. The lowest BCUT2D eigenvalue weighted by atomic mass is 9.99. The van der Waals surface area contributed by atoms with Crippen molar-refractivity contribution in [2.45, 2.75) is 13.3 Å². The summed E-state index contributed by atoms with van der Waals surface area (Å²) < 4.78 is 0. The third-order valence-electron chi connectivity index (χ3n) is 5.15. The highest BCUT2D eigenvalue weighted by Crippen LogP contribution is 2.28. The Morgan fingerprint density at radius 1 is 0.793 bits per heavy atom. The lowest BCUT2D eigenvalue weighted by Gasteiger charge is -2.10. The summed E-state index contributed by atoms with van der Waals surface area (Å²) in [5.74, 6) is 0. The van der Waals surface area contributed by atoms with Gasteiger partial charge in [-0.25, -0.2) is 4.98 Å². The molecule has 4 aromatic heterocycles. The highest BCUT2D eigenvalue weighted by molar-refractivity contribution is 5.92. The van der Waals surface area contributed by atoms with Gasteiger partial charge in [-0.3, -0.25) is 9.97 Å². The van der Waals surface area contributed by atoms with Crippen molar-refractivity contribution in [1.29, 1.82) is 0 Å². The van der Waals surface area contributed by atoms with Gasteiger partial charge in [-0.2, -0.15) is 0 Å². The Morgan fingerprint density at radius 3 is 2.55 bits per heavy atom. The monoisotopic (exact) mass is 376 g/mol. The number of aryl methyl sites for hydroxylation is 1. The third kappa shape index (κ3) is 3.41. The van der Waals surface area contributed by atoms with Gasteiger partial charge in [0.2, 0.25) is 0 Å². The van der Waals surface area contributed by atoms with Crippen LogP contribution in [0.2, 0.25) is 0 Å². The van der Waals surface area contributed by atoms with Crippen LogP contribution >= 0.6 is 0 Å². The van der Waals surface area contributed by atoms with E-state index in [-0.39, 0.29) is 0 Å². The highest BCUT2D eigenvalue weighted by Gasteiger charge is 2.10. The van der Waals surface area contributed by atoms with Crippen molar-refractivity contribution in [2.75, 3.05) is 0 Å². The summed E-state index contributed by atoms with van der Waals surface area (Å²) in [5, 5.41) is 1.14. The number of nitrogens with zero attached hydrogens (tertiary/aromatic N) is 3. The Labute approximate surface area is 169 Å². The summed E-state index contributed by atoms with van der Waals surface area (Å²) in [6.45, 7) is 2.01. The van der Waals surface area contributed by atoms with Gasteiger partial charge in [0.15, 0.2) is 0 Å². The summed E-state index contributed by atoms with van der Waals surface area (Å²) in [6, 6.07) is 23.0. The van der Waals surface area contributed by atoms with E-state index in [0.717, 1.165) is 40.1 Å². The molecule has 0 aliphatic carbocycles. The molecule has 5 aromatic rings. The zero-order valence-electron chi connectivity index (χ0n) is 16.1. The number of rotatable bonds is 4. The van der Waals surface area contributed by atoms with E-state index in [2.05, 4.69) is 62.4 Å². The van der Waals surface area contributed by atoms with Crippen LogP contribution in [0.1, 0.15) is 17.0 Å². The smallest absolute Gasteiger partial charge is 0.137 e. The van der Waals surface area contributed by atoms with Crippen molar-refractivity contribution in [3.05, 3.63) is 102 Å². The summed E-state index contributed by atoms with van der Waals surface area (Å²) in [4.78, 5) is 16.9. The maximum Gasteiger partial charge on any atom is 0.137 e. The van der Waals surface area contributed by atoms with Crippen molar-refractivity contribution in [3.63, 3.8) is 0 Å². The molecule has 0 aliphatic rings. The minimum atomic E-state index is 0.766. The quantitative estimate of drug-likeness (QED) is 0.445. The molecule has 1 N–H and O–H groups in total. The number of H-pyrrole nitrogens is 1. The Bertz CT molecular complexity index is 1290. The molecule has 0 unspecified atom stereocenters. The molecule has 4 heterocycles. The second-order valence-electron chi connectivity index (χ2n) is 7.13. The number of nitrogens with one attached hydrogen (secondary N) is 1. The van der Waals surface area contributed by atoms with Crippen LogP contribution < -0.4 is 0 Å². The standard InChI is InChI=1S/C25H20N4/c1-17-4-2-6-23(29-17)22-5-3-13-26-24(22)16-18-7-9-19(10-8-18)20-11-14-27-25-21(20)12-15-28-25/h2-15H,16H2,1H3,(H,27,28). The van der Waals surface area contributed by atoms with Gasteiger partial charge in [-0.1, -0.05) is 30.3 Å². The second kappa shape index (κ2) is 7.32. The molecular weight excluding hydrogens is 356 g/mol. The zero-order chi connectivity index (χ0) is 19.6. The van der Waals surface area contributed by atoms with Crippen molar-refractivity contribution < 1.29 is 0 Å². The van der Waals surface area contributed by atoms with Crippen molar-refractivity contribution in [2.24, 2.45) is 0 Å². The number of pyridine rings is 3. The number of aromatic amines is 1. The molecule has 29 heavy (non-hydrogen) atoms. The van der Waals surface area contributed by atoms with E-state index in [1.165, 1.54) is 16.7 Å². The van der Waals surface area contributed by atoms with E-state index in [0.29, 0.717) is 0 Å². The van der Waals surface area contributed by atoms with E-state index in [9.17, 15) is 0 Å².